The molecule has 130 valence electrons. The van der Waals surface area contributed by atoms with Crippen LogP contribution in [0.4, 0.5) is 0 Å². The normalized spacial score (nSPS) is 11.2. The van der Waals surface area contributed by atoms with Crippen LogP contribution in [0.5, 0.6) is 0 Å². The first-order chi connectivity index (χ1) is 12.2. The second-order valence-corrected chi connectivity index (χ2v) is 5.93. The number of carbonyl (C=O) groups is 1. The van der Waals surface area contributed by atoms with E-state index in [1.807, 2.05) is 59.4 Å². The van der Waals surface area contributed by atoms with E-state index in [9.17, 15) is 4.79 Å². The molecular formula is C20H24N4O. The third-order valence-electron chi connectivity index (χ3n) is 4.47. The van der Waals surface area contributed by atoms with Crippen molar-refractivity contribution in [2.24, 2.45) is 0 Å². The summed E-state index contributed by atoms with van der Waals surface area (Å²) >= 11 is 0. The summed E-state index contributed by atoms with van der Waals surface area (Å²) in [5.74, 6) is -0.0332. The first kappa shape index (κ1) is 17.2. The van der Waals surface area contributed by atoms with Crippen LogP contribution in [0.15, 0.2) is 54.9 Å². The molecule has 0 aliphatic carbocycles. The van der Waals surface area contributed by atoms with E-state index < -0.39 is 0 Å². The number of hydrogen-bond donors (Lipinski definition) is 1. The van der Waals surface area contributed by atoms with Crippen molar-refractivity contribution in [3.8, 4) is 5.69 Å². The molecule has 0 fully saturated rings. The van der Waals surface area contributed by atoms with E-state index in [1.165, 1.54) is 0 Å². The van der Waals surface area contributed by atoms with E-state index >= 15 is 0 Å². The number of para-hydroxylation sites is 2. The van der Waals surface area contributed by atoms with Crippen LogP contribution in [0.2, 0.25) is 0 Å². The highest BCUT2D eigenvalue weighted by atomic mass is 16.1. The number of aromatic nitrogens is 2. The summed E-state index contributed by atoms with van der Waals surface area (Å²) < 4.78 is 2.03. The molecule has 2 aromatic carbocycles. The molecule has 1 heterocycles. The Kier molecular flexibility index (Phi) is 5.46. The summed E-state index contributed by atoms with van der Waals surface area (Å²) in [5.41, 5.74) is 3.68. The minimum absolute atomic E-state index is 0.0332. The standard InChI is InChI=1S/C20H24N4O/c1-3-23(4-2)14-13-21-20(25)16-9-11-17(12-10-16)24-15-22-18-7-5-6-8-19(18)24/h5-12,15H,3-4,13-14H2,1-2H3,(H,21,25). The number of amides is 1. The van der Waals surface area contributed by atoms with Gasteiger partial charge in [-0.1, -0.05) is 26.0 Å². The Morgan fingerprint density at radius 2 is 1.80 bits per heavy atom. The van der Waals surface area contributed by atoms with Gasteiger partial charge in [0.15, 0.2) is 0 Å². The lowest BCUT2D eigenvalue weighted by Crippen LogP contribution is -2.34. The molecule has 0 bridgehead atoms. The fourth-order valence-electron chi connectivity index (χ4n) is 2.91. The van der Waals surface area contributed by atoms with E-state index in [-0.39, 0.29) is 5.91 Å². The highest BCUT2D eigenvalue weighted by Crippen LogP contribution is 2.18. The molecule has 0 atom stereocenters. The molecule has 5 nitrogen and oxygen atoms in total. The molecule has 0 radical (unpaired) electrons. The van der Waals surface area contributed by atoms with Crippen LogP contribution in [0.3, 0.4) is 0 Å². The predicted octanol–water partition coefficient (Wildman–Crippen LogP) is 3.10. The number of rotatable bonds is 7. The van der Waals surface area contributed by atoms with E-state index in [4.69, 9.17) is 0 Å². The van der Waals surface area contributed by atoms with Crippen molar-refractivity contribution >= 4 is 16.9 Å². The molecule has 0 saturated heterocycles. The predicted molar refractivity (Wildman–Crippen MR) is 101 cm³/mol. The summed E-state index contributed by atoms with van der Waals surface area (Å²) in [6, 6.07) is 15.6. The summed E-state index contributed by atoms with van der Waals surface area (Å²) in [6.07, 6.45) is 1.81. The molecule has 0 saturated carbocycles. The first-order valence-electron chi connectivity index (χ1n) is 8.76. The van der Waals surface area contributed by atoms with Gasteiger partial charge < -0.3 is 10.2 Å². The molecule has 0 aliphatic rings. The number of benzene rings is 2. The average molecular weight is 336 g/mol. The number of likely N-dealkylation sites (N-methyl/N-ethyl adjacent to an activating group) is 1. The van der Waals surface area contributed by atoms with Crippen molar-refractivity contribution in [2.45, 2.75) is 13.8 Å². The lowest BCUT2D eigenvalue weighted by molar-refractivity contribution is 0.0949. The Bertz CT molecular complexity index is 834. The smallest absolute Gasteiger partial charge is 0.251 e. The van der Waals surface area contributed by atoms with Crippen molar-refractivity contribution in [2.75, 3.05) is 26.2 Å². The van der Waals surface area contributed by atoms with E-state index in [1.54, 1.807) is 0 Å². The minimum Gasteiger partial charge on any atom is -0.351 e. The van der Waals surface area contributed by atoms with Gasteiger partial charge in [0.1, 0.15) is 6.33 Å². The van der Waals surface area contributed by atoms with Crippen LogP contribution in [0, 0.1) is 0 Å². The van der Waals surface area contributed by atoms with Gasteiger partial charge in [-0.2, -0.15) is 0 Å². The minimum atomic E-state index is -0.0332. The highest BCUT2D eigenvalue weighted by molar-refractivity contribution is 5.94. The summed E-state index contributed by atoms with van der Waals surface area (Å²) in [6.45, 7) is 7.79. The van der Waals surface area contributed by atoms with Crippen LogP contribution in [-0.2, 0) is 0 Å². The van der Waals surface area contributed by atoms with Crippen LogP contribution in [-0.4, -0.2) is 46.5 Å². The SMILES string of the molecule is CCN(CC)CCNC(=O)c1ccc(-n2cnc3ccccc32)cc1. The molecule has 3 rings (SSSR count). The maximum atomic E-state index is 12.3. The first-order valence-corrected chi connectivity index (χ1v) is 8.76. The van der Waals surface area contributed by atoms with Gasteiger partial charge in [-0.25, -0.2) is 4.98 Å². The van der Waals surface area contributed by atoms with Gasteiger partial charge in [0.25, 0.3) is 5.91 Å². The summed E-state index contributed by atoms with van der Waals surface area (Å²) in [4.78, 5) is 19.0. The van der Waals surface area contributed by atoms with Crippen molar-refractivity contribution < 1.29 is 4.79 Å². The second kappa shape index (κ2) is 7.94. The molecule has 1 N–H and O–H groups in total. The van der Waals surface area contributed by atoms with Crippen molar-refractivity contribution in [1.82, 2.24) is 19.8 Å². The molecule has 0 unspecified atom stereocenters. The molecule has 3 aromatic rings. The maximum absolute atomic E-state index is 12.3. The Morgan fingerprint density at radius 3 is 2.52 bits per heavy atom. The van der Waals surface area contributed by atoms with Crippen molar-refractivity contribution in [1.29, 1.82) is 0 Å². The van der Waals surface area contributed by atoms with Gasteiger partial charge in [-0.3, -0.25) is 9.36 Å². The Morgan fingerprint density at radius 1 is 1.08 bits per heavy atom. The van der Waals surface area contributed by atoms with Crippen LogP contribution >= 0.6 is 0 Å². The van der Waals surface area contributed by atoms with Gasteiger partial charge >= 0.3 is 0 Å². The van der Waals surface area contributed by atoms with Gasteiger partial charge in [0.05, 0.1) is 11.0 Å². The van der Waals surface area contributed by atoms with Crippen LogP contribution < -0.4 is 5.32 Å². The fraction of sp³-hybridized carbons (Fsp3) is 0.300. The fourth-order valence-corrected chi connectivity index (χ4v) is 2.91. The number of imidazole rings is 1. The van der Waals surface area contributed by atoms with Gasteiger partial charge in [-0.15, -0.1) is 0 Å². The topological polar surface area (TPSA) is 50.2 Å². The largest absolute Gasteiger partial charge is 0.351 e. The summed E-state index contributed by atoms with van der Waals surface area (Å²) in [7, 11) is 0. The zero-order chi connectivity index (χ0) is 17.6. The van der Waals surface area contributed by atoms with Crippen molar-refractivity contribution in [3.05, 3.63) is 60.4 Å². The van der Waals surface area contributed by atoms with E-state index in [2.05, 4.69) is 29.0 Å². The summed E-state index contributed by atoms with van der Waals surface area (Å²) in [5, 5.41) is 2.98. The molecule has 1 amide bonds. The zero-order valence-corrected chi connectivity index (χ0v) is 14.8. The van der Waals surface area contributed by atoms with Gasteiger partial charge in [0.2, 0.25) is 0 Å². The number of nitrogens with zero attached hydrogens (tertiary/aromatic N) is 3. The Hall–Kier alpha value is -2.66. The lowest BCUT2D eigenvalue weighted by Gasteiger charge is -2.18. The number of nitrogens with one attached hydrogen (secondary N) is 1. The highest BCUT2D eigenvalue weighted by Gasteiger charge is 2.08. The van der Waals surface area contributed by atoms with Gasteiger partial charge in [0, 0.05) is 24.3 Å². The third-order valence-corrected chi connectivity index (χ3v) is 4.47. The second-order valence-electron chi connectivity index (χ2n) is 5.93. The molecule has 1 aromatic heterocycles. The monoisotopic (exact) mass is 336 g/mol. The Labute approximate surface area is 148 Å². The molecule has 25 heavy (non-hydrogen) atoms. The Balaban J connectivity index is 1.67. The zero-order valence-electron chi connectivity index (χ0n) is 14.8. The lowest BCUT2D eigenvalue weighted by atomic mass is 10.2. The molecule has 5 heteroatoms. The van der Waals surface area contributed by atoms with Crippen LogP contribution in [0.25, 0.3) is 16.7 Å². The third kappa shape index (κ3) is 3.88. The molecule has 0 aliphatic heterocycles. The van der Waals surface area contributed by atoms with Crippen molar-refractivity contribution in [3.63, 3.8) is 0 Å². The van der Waals surface area contributed by atoms with E-state index in [0.717, 1.165) is 36.4 Å². The van der Waals surface area contributed by atoms with Gasteiger partial charge in [-0.05, 0) is 49.5 Å². The average Bonchev–Trinajstić information content (AvgIpc) is 3.09. The number of hydrogen-bond acceptors (Lipinski definition) is 3. The molecule has 0 spiro atoms. The van der Waals surface area contributed by atoms with Crippen LogP contribution in [0.1, 0.15) is 24.2 Å². The number of carbonyl (C=O) groups excluding carboxylic acids is 1. The maximum Gasteiger partial charge on any atom is 0.251 e. The van der Waals surface area contributed by atoms with E-state index in [0.29, 0.717) is 12.1 Å². The quantitative estimate of drug-likeness (QED) is 0.721. The number of fused-ring (bicyclic) bond motifs is 1. The molecular weight excluding hydrogens is 312 g/mol.